The van der Waals surface area contributed by atoms with E-state index in [2.05, 4.69) is 46.8 Å². The molecule has 15 heavy (non-hydrogen) atoms. The summed E-state index contributed by atoms with van der Waals surface area (Å²) in [5.74, 6) is 0. The molecule has 1 saturated carbocycles. The van der Waals surface area contributed by atoms with Gasteiger partial charge in [0.05, 0.1) is 0 Å². The zero-order chi connectivity index (χ0) is 10.6. The Morgan fingerprint density at radius 3 is 2.13 bits per heavy atom. The lowest BCUT2D eigenvalue weighted by Crippen LogP contribution is -2.49. The van der Waals surface area contributed by atoms with E-state index in [1.807, 2.05) is 0 Å². The van der Waals surface area contributed by atoms with Crippen LogP contribution in [0.3, 0.4) is 0 Å². The molecule has 2 fully saturated rings. The van der Waals surface area contributed by atoms with Crippen molar-refractivity contribution >= 4 is 21.6 Å². The first kappa shape index (κ1) is 9.71. The zero-order valence-corrected chi connectivity index (χ0v) is 10.9. The molecule has 0 radical (unpaired) electrons. The Bertz CT molecular complexity index is 390. The highest BCUT2D eigenvalue weighted by Gasteiger charge is 2.52. The Balaban J connectivity index is 1.91. The van der Waals surface area contributed by atoms with Gasteiger partial charge >= 0.3 is 0 Å². The molecule has 2 aliphatic rings. The minimum Gasteiger partial charge on any atom is -0.370 e. The number of hydrogen-bond acceptors (Lipinski definition) is 1. The van der Waals surface area contributed by atoms with Crippen molar-refractivity contribution in [2.24, 2.45) is 5.41 Å². The molecule has 0 amide bonds. The molecule has 1 aliphatic carbocycles. The standard InChI is InChI=1S/C13H16BrN/c1-9-5-11(14)6-10(2)12(9)15-7-13(8-15)3-4-13/h5-6H,3-4,7-8H2,1-2H3. The van der Waals surface area contributed by atoms with Crippen molar-refractivity contribution in [3.05, 3.63) is 27.7 Å². The largest absolute Gasteiger partial charge is 0.370 e. The van der Waals surface area contributed by atoms with Crippen LogP contribution < -0.4 is 4.90 Å². The Hall–Kier alpha value is -0.500. The smallest absolute Gasteiger partial charge is 0.0426 e. The summed E-state index contributed by atoms with van der Waals surface area (Å²) in [5, 5.41) is 0. The second-order valence-electron chi connectivity index (χ2n) is 5.24. The molecule has 0 N–H and O–H groups in total. The van der Waals surface area contributed by atoms with Crippen molar-refractivity contribution in [3.8, 4) is 0 Å². The number of aryl methyl sites for hydroxylation is 2. The molecule has 1 aromatic carbocycles. The van der Waals surface area contributed by atoms with Crippen molar-refractivity contribution in [2.45, 2.75) is 26.7 Å². The van der Waals surface area contributed by atoms with E-state index in [1.54, 1.807) is 0 Å². The summed E-state index contributed by atoms with van der Waals surface area (Å²) in [6, 6.07) is 4.44. The lowest BCUT2D eigenvalue weighted by atomic mass is 9.94. The third-order valence-electron chi connectivity index (χ3n) is 3.78. The molecule has 0 aromatic heterocycles. The SMILES string of the molecule is Cc1cc(Br)cc(C)c1N1CC2(CC2)C1. The summed E-state index contributed by atoms with van der Waals surface area (Å²) in [6.45, 7) is 7.00. The van der Waals surface area contributed by atoms with Gasteiger partial charge in [0.1, 0.15) is 0 Å². The minimum atomic E-state index is 0.742. The second-order valence-corrected chi connectivity index (χ2v) is 6.16. The first-order valence-electron chi connectivity index (χ1n) is 5.61. The van der Waals surface area contributed by atoms with Crippen molar-refractivity contribution in [3.63, 3.8) is 0 Å². The maximum Gasteiger partial charge on any atom is 0.0426 e. The summed E-state index contributed by atoms with van der Waals surface area (Å²) in [6.07, 6.45) is 2.91. The third kappa shape index (κ3) is 1.50. The normalized spacial score (nSPS) is 21.7. The van der Waals surface area contributed by atoms with E-state index in [-0.39, 0.29) is 0 Å². The monoisotopic (exact) mass is 265 g/mol. The lowest BCUT2D eigenvalue weighted by Gasteiger charge is -2.43. The van der Waals surface area contributed by atoms with E-state index in [9.17, 15) is 0 Å². The number of halogens is 1. The fourth-order valence-electron chi connectivity index (χ4n) is 2.82. The van der Waals surface area contributed by atoms with Crippen LogP contribution in [0.4, 0.5) is 5.69 Å². The van der Waals surface area contributed by atoms with Gasteiger partial charge in [-0.05, 0) is 49.9 Å². The molecule has 1 aliphatic heterocycles. The van der Waals surface area contributed by atoms with E-state index >= 15 is 0 Å². The van der Waals surface area contributed by atoms with Crippen LogP contribution in [-0.2, 0) is 0 Å². The second kappa shape index (κ2) is 3.00. The van der Waals surface area contributed by atoms with Crippen LogP contribution in [0.25, 0.3) is 0 Å². The average molecular weight is 266 g/mol. The molecule has 1 spiro atoms. The number of rotatable bonds is 1. The Morgan fingerprint density at radius 1 is 1.13 bits per heavy atom. The van der Waals surface area contributed by atoms with Crippen LogP contribution >= 0.6 is 15.9 Å². The Labute approximate surface area is 99.6 Å². The van der Waals surface area contributed by atoms with Gasteiger partial charge in [-0.3, -0.25) is 0 Å². The summed E-state index contributed by atoms with van der Waals surface area (Å²) >= 11 is 3.55. The van der Waals surface area contributed by atoms with Crippen molar-refractivity contribution < 1.29 is 0 Å². The first-order chi connectivity index (χ1) is 7.10. The molecule has 0 bridgehead atoms. The topological polar surface area (TPSA) is 3.24 Å². The first-order valence-corrected chi connectivity index (χ1v) is 6.41. The molecule has 1 saturated heterocycles. The summed E-state index contributed by atoms with van der Waals surface area (Å²) in [5.41, 5.74) is 5.01. The van der Waals surface area contributed by atoms with Gasteiger partial charge < -0.3 is 4.90 Å². The highest BCUT2D eigenvalue weighted by Crippen LogP contribution is 2.54. The van der Waals surface area contributed by atoms with Gasteiger partial charge in [-0.2, -0.15) is 0 Å². The van der Waals surface area contributed by atoms with Gasteiger partial charge in [-0.1, -0.05) is 15.9 Å². The van der Waals surface area contributed by atoms with Gasteiger partial charge in [-0.15, -0.1) is 0 Å². The molecular formula is C13H16BrN. The Morgan fingerprint density at radius 2 is 1.67 bits per heavy atom. The van der Waals surface area contributed by atoms with Gasteiger partial charge in [-0.25, -0.2) is 0 Å². The van der Waals surface area contributed by atoms with Crippen LogP contribution in [0, 0.1) is 19.3 Å². The highest BCUT2D eigenvalue weighted by atomic mass is 79.9. The number of benzene rings is 1. The van der Waals surface area contributed by atoms with Gasteiger partial charge in [0.2, 0.25) is 0 Å². The number of anilines is 1. The molecule has 0 atom stereocenters. The third-order valence-corrected chi connectivity index (χ3v) is 4.24. The predicted octanol–water partition coefficient (Wildman–Crippen LogP) is 3.67. The van der Waals surface area contributed by atoms with Crippen LogP contribution in [-0.4, -0.2) is 13.1 Å². The highest BCUT2D eigenvalue weighted by molar-refractivity contribution is 9.10. The van der Waals surface area contributed by atoms with Crippen LogP contribution in [0.15, 0.2) is 16.6 Å². The quantitative estimate of drug-likeness (QED) is 0.749. The molecule has 1 aromatic rings. The molecule has 80 valence electrons. The number of hydrogen-bond donors (Lipinski definition) is 0. The van der Waals surface area contributed by atoms with Gasteiger partial charge in [0, 0.05) is 28.7 Å². The fourth-order valence-corrected chi connectivity index (χ4v) is 3.50. The molecule has 1 heterocycles. The summed E-state index contributed by atoms with van der Waals surface area (Å²) in [7, 11) is 0. The predicted molar refractivity (Wildman–Crippen MR) is 67.5 cm³/mol. The van der Waals surface area contributed by atoms with E-state index < -0.39 is 0 Å². The average Bonchev–Trinajstić information content (AvgIpc) is 2.80. The van der Waals surface area contributed by atoms with Gasteiger partial charge in [0.15, 0.2) is 0 Å². The van der Waals surface area contributed by atoms with Gasteiger partial charge in [0.25, 0.3) is 0 Å². The van der Waals surface area contributed by atoms with Crippen LogP contribution in [0.2, 0.25) is 0 Å². The molecule has 3 rings (SSSR count). The van der Waals surface area contributed by atoms with E-state index in [0.29, 0.717) is 0 Å². The zero-order valence-electron chi connectivity index (χ0n) is 9.31. The van der Waals surface area contributed by atoms with Crippen molar-refractivity contribution in [1.29, 1.82) is 0 Å². The molecular weight excluding hydrogens is 250 g/mol. The van der Waals surface area contributed by atoms with Crippen molar-refractivity contribution in [2.75, 3.05) is 18.0 Å². The summed E-state index contributed by atoms with van der Waals surface area (Å²) < 4.78 is 1.20. The van der Waals surface area contributed by atoms with E-state index in [4.69, 9.17) is 0 Å². The maximum atomic E-state index is 3.55. The van der Waals surface area contributed by atoms with Crippen LogP contribution in [0.5, 0.6) is 0 Å². The maximum absolute atomic E-state index is 3.55. The van der Waals surface area contributed by atoms with Crippen LogP contribution in [0.1, 0.15) is 24.0 Å². The molecule has 1 nitrogen and oxygen atoms in total. The Kier molecular flexibility index (Phi) is 1.94. The number of nitrogens with zero attached hydrogens (tertiary/aromatic N) is 1. The molecule has 2 heteroatoms. The van der Waals surface area contributed by atoms with E-state index in [1.165, 1.54) is 47.2 Å². The van der Waals surface area contributed by atoms with Crippen molar-refractivity contribution in [1.82, 2.24) is 0 Å². The minimum absolute atomic E-state index is 0.742. The molecule has 0 unspecified atom stereocenters. The lowest BCUT2D eigenvalue weighted by molar-refractivity contribution is 0.386. The fraction of sp³-hybridized carbons (Fsp3) is 0.538. The summed E-state index contributed by atoms with van der Waals surface area (Å²) in [4.78, 5) is 2.55. The van der Waals surface area contributed by atoms with E-state index in [0.717, 1.165) is 5.41 Å².